The van der Waals surface area contributed by atoms with Crippen LogP contribution < -0.4 is 10.1 Å². The van der Waals surface area contributed by atoms with Crippen LogP contribution in [0.25, 0.3) is 0 Å². The molecule has 0 spiro atoms. The topological polar surface area (TPSA) is 114 Å². The Morgan fingerprint density at radius 2 is 1.84 bits per heavy atom. The van der Waals surface area contributed by atoms with E-state index in [2.05, 4.69) is 5.32 Å². The summed E-state index contributed by atoms with van der Waals surface area (Å²) < 4.78 is 38.3. The molecule has 2 aromatic carbocycles. The lowest BCUT2D eigenvalue weighted by Gasteiger charge is -2.28. The quantitative estimate of drug-likeness (QED) is 0.444. The first-order chi connectivity index (χ1) is 15.2. The van der Waals surface area contributed by atoms with E-state index in [0.717, 1.165) is 17.4 Å². The molecule has 3 rings (SSSR count). The van der Waals surface area contributed by atoms with Crippen molar-refractivity contribution in [2.75, 3.05) is 59.4 Å². The van der Waals surface area contributed by atoms with Crippen molar-refractivity contribution in [2.45, 2.75) is 10.9 Å². The maximum absolute atomic E-state index is 13.3. The van der Waals surface area contributed by atoms with Crippen LogP contribution in [0.1, 0.15) is 11.6 Å². The number of methoxy groups -OCH3 is 1. The number of nitro groups is 1. The predicted molar refractivity (Wildman–Crippen MR) is 121 cm³/mol. The van der Waals surface area contributed by atoms with Gasteiger partial charge in [0.15, 0.2) is 0 Å². The monoisotopic (exact) mass is 464 g/mol. The molecule has 1 heterocycles. The minimum absolute atomic E-state index is 0.0740. The second kappa shape index (κ2) is 10.3. The Kier molecular flexibility index (Phi) is 7.67. The zero-order valence-electron chi connectivity index (χ0n) is 18.4. The average Bonchev–Trinajstić information content (AvgIpc) is 2.80. The maximum atomic E-state index is 13.3. The average molecular weight is 465 g/mol. The van der Waals surface area contributed by atoms with Crippen LogP contribution in [0.2, 0.25) is 0 Å². The number of hydrogen-bond acceptors (Lipinski definition) is 8. The largest absolute Gasteiger partial charge is 0.497 e. The Bertz CT molecular complexity index is 1040. The summed E-state index contributed by atoms with van der Waals surface area (Å²) >= 11 is 0. The summed E-state index contributed by atoms with van der Waals surface area (Å²) in [5.41, 5.74) is 1.06. The fraction of sp³-hybridized carbons (Fsp3) is 0.429. The molecular formula is C21H28N4O6S. The Morgan fingerprint density at radius 1 is 1.19 bits per heavy atom. The standard InChI is InChI=1S/C21H28N4O6S/c1-23(2)20(16-4-7-18(30-3)8-5-16)15-22-19-9-6-17(25(26)27)14-21(19)32(28,29)24-10-12-31-13-11-24/h4-9,14,20,22H,10-13,15H2,1-3H3. The van der Waals surface area contributed by atoms with Gasteiger partial charge in [-0.05, 0) is 37.9 Å². The molecule has 0 saturated carbocycles. The van der Waals surface area contributed by atoms with Crippen LogP contribution in [0.5, 0.6) is 5.75 Å². The first-order valence-corrected chi connectivity index (χ1v) is 11.6. The normalized spacial score (nSPS) is 16.0. The molecule has 0 bridgehead atoms. The molecule has 1 unspecified atom stereocenters. The summed E-state index contributed by atoms with van der Waals surface area (Å²) in [6.07, 6.45) is 0. The smallest absolute Gasteiger partial charge is 0.270 e. The zero-order valence-corrected chi connectivity index (χ0v) is 19.2. The summed E-state index contributed by atoms with van der Waals surface area (Å²) in [7, 11) is 1.52. The maximum Gasteiger partial charge on any atom is 0.270 e. The van der Waals surface area contributed by atoms with Crippen LogP contribution in [0.3, 0.4) is 0 Å². The fourth-order valence-electron chi connectivity index (χ4n) is 3.54. The van der Waals surface area contributed by atoms with E-state index in [1.165, 1.54) is 16.4 Å². The van der Waals surface area contributed by atoms with Gasteiger partial charge >= 0.3 is 0 Å². The molecule has 1 N–H and O–H groups in total. The third-order valence-electron chi connectivity index (χ3n) is 5.37. The van der Waals surface area contributed by atoms with Crippen molar-refractivity contribution < 1.29 is 22.8 Å². The van der Waals surface area contributed by atoms with Crippen molar-refractivity contribution in [3.05, 3.63) is 58.1 Å². The lowest BCUT2D eigenvalue weighted by molar-refractivity contribution is -0.385. The van der Waals surface area contributed by atoms with Crippen molar-refractivity contribution in [3.63, 3.8) is 0 Å². The number of anilines is 1. The van der Waals surface area contributed by atoms with Crippen LogP contribution in [0, 0.1) is 10.1 Å². The van der Waals surface area contributed by atoms with Gasteiger partial charge in [0.05, 0.1) is 37.0 Å². The second-order valence-electron chi connectivity index (χ2n) is 7.59. The second-order valence-corrected chi connectivity index (χ2v) is 9.49. The summed E-state index contributed by atoms with van der Waals surface area (Å²) in [5.74, 6) is 0.744. The predicted octanol–water partition coefficient (Wildman–Crippen LogP) is 2.34. The number of benzene rings is 2. The van der Waals surface area contributed by atoms with E-state index in [-0.39, 0.29) is 42.9 Å². The first kappa shape index (κ1) is 23.9. The van der Waals surface area contributed by atoms with Gasteiger partial charge < -0.3 is 19.7 Å². The van der Waals surface area contributed by atoms with Crippen LogP contribution in [-0.2, 0) is 14.8 Å². The van der Waals surface area contributed by atoms with Gasteiger partial charge in [0.1, 0.15) is 10.6 Å². The van der Waals surface area contributed by atoms with Crippen LogP contribution >= 0.6 is 0 Å². The molecule has 174 valence electrons. The molecule has 32 heavy (non-hydrogen) atoms. The van der Waals surface area contributed by atoms with E-state index >= 15 is 0 Å². The Hall–Kier alpha value is -2.73. The molecule has 0 amide bonds. The van der Waals surface area contributed by atoms with Gasteiger partial charge in [0.2, 0.25) is 10.0 Å². The van der Waals surface area contributed by atoms with E-state index in [1.54, 1.807) is 7.11 Å². The van der Waals surface area contributed by atoms with Gasteiger partial charge in [-0.25, -0.2) is 8.42 Å². The highest BCUT2D eigenvalue weighted by Crippen LogP contribution is 2.31. The third kappa shape index (κ3) is 5.36. The van der Waals surface area contributed by atoms with Crippen LogP contribution in [0.4, 0.5) is 11.4 Å². The minimum atomic E-state index is -3.93. The third-order valence-corrected chi connectivity index (χ3v) is 7.31. The molecule has 10 nitrogen and oxygen atoms in total. The number of morpholine rings is 1. The number of rotatable bonds is 9. The molecule has 11 heteroatoms. The summed E-state index contributed by atoms with van der Waals surface area (Å²) in [4.78, 5) is 12.6. The van der Waals surface area contributed by atoms with E-state index in [9.17, 15) is 18.5 Å². The summed E-state index contributed by atoms with van der Waals surface area (Å²) in [5, 5.41) is 14.5. The van der Waals surface area contributed by atoms with Gasteiger partial charge in [0.25, 0.3) is 5.69 Å². The van der Waals surface area contributed by atoms with E-state index in [4.69, 9.17) is 9.47 Å². The SMILES string of the molecule is COc1ccc(C(CNc2ccc([N+](=O)[O-])cc2S(=O)(=O)N2CCOCC2)N(C)C)cc1. The molecule has 1 aliphatic heterocycles. The number of non-ortho nitro benzene ring substituents is 1. The van der Waals surface area contributed by atoms with Crippen molar-refractivity contribution in [3.8, 4) is 5.75 Å². The van der Waals surface area contributed by atoms with Crippen molar-refractivity contribution in [1.82, 2.24) is 9.21 Å². The Labute approximate surface area is 187 Å². The zero-order chi connectivity index (χ0) is 23.3. The van der Waals surface area contributed by atoms with E-state index in [1.807, 2.05) is 43.3 Å². The van der Waals surface area contributed by atoms with Crippen LogP contribution in [-0.4, -0.2) is 76.6 Å². The minimum Gasteiger partial charge on any atom is -0.497 e. The number of sulfonamides is 1. The van der Waals surface area contributed by atoms with Crippen molar-refractivity contribution in [1.29, 1.82) is 0 Å². The molecule has 2 aromatic rings. The molecule has 1 saturated heterocycles. The fourth-order valence-corrected chi connectivity index (χ4v) is 5.14. The molecular weight excluding hydrogens is 436 g/mol. The van der Waals surface area contributed by atoms with Gasteiger partial charge in [-0.2, -0.15) is 4.31 Å². The lowest BCUT2D eigenvalue weighted by Crippen LogP contribution is -2.41. The lowest BCUT2D eigenvalue weighted by atomic mass is 10.1. The van der Waals surface area contributed by atoms with Gasteiger partial charge in [-0.15, -0.1) is 0 Å². The van der Waals surface area contributed by atoms with Crippen LogP contribution in [0.15, 0.2) is 47.4 Å². The summed E-state index contributed by atoms with van der Waals surface area (Å²) in [6.45, 7) is 1.38. The van der Waals surface area contributed by atoms with E-state index < -0.39 is 14.9 Å². The highest BCUT2D eigenvalue weighted by molar-refractivity contribution is 7.89. The van der Waals surface area contributed by atoms with Crippen molar-refractivity contribution >= 4 is 21.4 Å². The van der Waals surface area contributed by atoms with Gasteiger partial charge in [-0.1, -0.05) is 12.1 Å². The molecule has 1 atom stereocenters. The molecule has 1 fully saturated rings. The number of nitrogens with one attached hydrogen (secondary N) is 1. The Morgan fingerprint density at radius 3 is 2.41 bits per heavy atom. The highest BCUT2D eigenvalue weighted by Gasteiger charge is 2.30. The number of nitro benzene ring substituents is 1. The molecule has 0 aromatic heterocycles. The molecule has 0 aliphatic carbocycles. The number of nitrogens with zero attached hydrogens (tertiary/aromatic N) is 3. The number of likely N-dealkylation sites (N-methyl/N-ethyl adjacent to an activating group) is 1. The molecule has 0 radical (unpaired) electrons. The highest BCUT2D eigenvalue weighted by atomic mass is 32.2. The number of hydrogen-bond donors (Lipinski definition) is 1. The number of ether oxygens (including phenoxy) is 2. The first-order valence-electron chi connectivity index (χ1n) is 10.1. The van der Waals surface area contributed by atoms with Gasteiger partial charge in [-0.3, -0.25) is 10.1 Å². The van der Waals surface area contributed by atoms with Crippen molar-refractivity contribution in [2.24, 2.45) is 0 Å². The van der Waals surface area contributed by atoms with E-state index in [0.29, 0.717) is 12.2 Å². The molecule has 1 aliphatic rings. The summed E-state index contributed by atoms with van der Waals surface area (Å²) in [6, 6.07) is 11.4. The Balaban J connectivity index is 1.91. The van der Waals surface area contributed by atoms with Gasteiger partial charge in [0, 0.05) is 31.8 Å².